The Morgan fingerprint density at radius 3 is 2.18 bits per heavy atom. The fourth-order valence-electron chi connectivity index (χ4n) is 4.51. The molecule has 0 atom stereocenters. The van der Waals surface area contributed by atoms with Crippen molar-refractivity contribution in [2.75, 3.05) is 33.8 Å². The molecule has 0 unspecified atom stereocenters. The van der Waals surface area contributed by atoms with Crippen LogP contribution < -0.4 is 4.74 Å². The number of carbonyl (C=O) groups excluding carboxylic acids is 2. The van der Waals surface area contributed by atoms with E-state index in [0.717, 1.165) is 33.3 Å². The molecule has 0 fully saturated rings. The first-order valence-electron chi connectivity index (χ1n) is 13.1. The van der Waals surface area contributed by atoms with Crippen LogP contribution in [-0.2, 0) is 24.3 Å². The normalized spacial score (nSPS) is 10.9. The lowest BCUT2D eigenvalue weighted by atomic mass is 10.1. The van der Waals surface area contributed by atoms with Crippen LogP contribution in [0.15, 0.2) is 79.0 Å². The van der Waals surface area contributed by atoms with Gasteiger partial charge in [0.05, 0.1) is 6.61 Å². The molecule has 1 N–H and O–H groups in total. The standard InChI is InChI=1S/C31H35FN4O3/c1-4-39-27-15-11-24(12-16-27)20-35(18-17-25-19-33-29-8-6-5-7-28(25)29)30(37)22-36(31(38)34(2)3)21-23-9-13-26(32)14-10-23/h5-16,19,33H,4,17-18,20-22H2,1-3H3. The van der Waals surface area contributed by atoms with Crippen molar-refractivity contribution in [2.45, 2.75) is 26.4 Å². The molecule has 4 aromatic rings. The van der Waals surface area contributed by atoms with Gasteiger partial charge in [-0.1, -0.05) is 42.5 Å². The maximum absolute atomic E-state index is 13.7. The number of hydrogen-bond acceptors (Lipinski definition) is 3. The van der Waals surface area contributed by atoms with Gasteiger partial charge in [0, 0.05) is 50.8 Å². The third-order valence-electron chi connectivity index (χ3n) is 6.55. The number of benzene rings is 3. The quantitative estimate of drug-likeness (QED) is 0.280. The van der Waals surface area contributed by atoms with Crippen LogP contribution in [0.2, 0.25) is 0 Å². The van der Waals surface area contributed by atoms with Crippen LogP contribution in [0.25, 0.3) is 10.9 Å². The number of H-pyrrole nitrogens is 1. The Labute approximate surface area is 228 Å². The number of nitrogens with one attached hydrogen (secondary N) is 1. The third kappa shape index (κ3) is 7.37. The lowest BCUT2D eigenvalue weighted by molar-refractivity contribution is -0.132. The van der Waals surface area contributed by atoms with Gasteiger partial charge in [-0.25, -0.2) is 9.18 Å². The molecule has 0 aliphatic heterocycles. The Hall–Kier alpha value is -4.33. The summed E-state index contributed by atoms with van der Waals surface area (Å²) in [6.45, 7) is 3.49. The van der Waals surface area contributed by atoms with Gasteiger partial charge in [0.15, 0.2) is 0 Å². The molecule has 0 saturated heterocycles. The van der Waals surface area contributed by atoms with Crippen molar-refractivity contribution in [3.05, 3.63) is 102 Å². The number of urea groups is 1. The highest BCUT2D eigenvalue weighted by Crippen LogP contribution is 2.20. The van der Waals surface area contributed by atoms with Crippen LogP contribution in [0.4, 0.5) is 9.18 Å². The fraction of sp³-hybridized carbons (Fsp3) is 0.290. The van der Waals surface area contributed by atoms with Crippen LogP contribution >= 0.6 is 0 Å². The Kier molecular flexibility index (Phi) is 9.20. The van der Waals surface area contributed by atoms with Crippen LogP contribution in [-0.4, -0.2) is 65.4 Å². The van der Waals surface area contributed by atoms with E-state index < -0.39 is 0 Å². The molecule has 1 aromatic heterocycles. The number of rotatable bonds is 11. The van der Waals surface area contributed by atoms with Gasteiger partial charge in [-0.3, -0.25) is 4.79 Å². The Morgan fingerprint density at radius 2 is 1.51 bits per heavy atom. The van der Waals surface area contributed by atoms with Gasteiger partial charge in [0.1, 0.15) is 18.1 Å². The van der Waals surface area contributed by atoms with E-state index in [-0.39, 0.29) is 30.8 Å². The second kappa shape index (κ2) is 13.0. The van der Waals surface area contributed by atoms with Crippen molar-refractivity contribution in [3.8, 4) is 5.75 Å². The molecular formula is C31H35FN4O3. The van der Waals surface area contributed by atoms with Crippen LogP contribution in [0.1, 0.15) is 23.6 Å². The molecule has 204 valence electrons. The van der Waals surface area contributed by atoms with Gasteiger partial charge in [0.25, 0.3) is 0 Å². The predicted octanol–water partition coefficient (Wildman–Crippen LogP) is 5.46. The molecule has 4 rings (SSSR count). The maximum atomic E-state index is 13.7. The zero-order chi connectivity index (χ0) is 27.8. The first-order chi connectivity index (χ1) is 18.8. The minimum atomic E-state index is -0.348. The summed E-state index contributed by atoms with van der Waals surface area (Å²) in [4.78, 5) is 34.8. The highest BCUT2D eigenvalue weighted by Gasteiger charge is 2.23. The molecule has 8 heteroatoms. The third-order valence-corrected chi connectivity index (χ3v) is 6.55. The molecule has 0 spiro atoms. The van der Waals surface area contributed by atoms with Crippen molar-refractivity contribution in [2.24, 2.45) is 0 Å². The molecule has 3 aromatic carbocycles. The van der Waals surface area contributed by atoms with E-state index in [0.29, 0.717) is 26.1 Å². The highest BCUT2D eigenvalue weighted by molar-refractivity contribution is 5.85. The topological polar surface area (TPSA) is 68.9 Å². The van der Waals surface area contributed by atoms with Crippen molar-refractivity contribution in [1.29, 1.82) is 0 Å². The maximum Gasteiger partial charge on any atom is 0.320 e. The second-order valence-corrected chi connectivity index (χ2v) is 9.66. The summed E-state index contributed by atoms with van der Waals surface area (Å²) in [5, 5.41) is 1.13. The largest absolute Gasteiger partial charge is 0.494 e. The number of para-hydroxylation sites is 1. The van der Waals surface area contributed by atoms with Gasteiger partial charge >= 0.3 is 6.03 Å². The van der Waals surface area contributed by atoms with Gasteiger partial charge < -0.3 is 24.4 Å². The number of carbonyl (C=O) groups is 2. The average molecular weight is 531 g/mol. The molecule has 0 aliphatic rings. The summed E-state index contributed by atoms with van der Waals surface area (Å²) in [5.41, 5.74) is 3.90. The van der Waals surface area contributed by atoms with Crippen molar-refractivity contribution < 1.29 is 18.7 Å². The summed E-state index contributed by atoms with van der Waals surface area (Å²) in [7, 11) is 3.30. The summed E-state index contributed by atoms with van der Waals surface area (Å²) < 4.78 is 19.0. The average Bonchev–Trinajstić information content (AvgIpc) is 3.35. The first kappa shape index (κ1) is 27.7. The molecule has 39 heavy (non-hydrogen) atoms. The number of nitrogens with zero attached hydrogens (tertiary/aromatic N) is 3. The van der Waals surface area contributed by atoms with E-state index in [2.05, 4.69) is 11.1 Å². The van der Waals surface area contributed by atoms with E-state index in [4.69, 9.17) is 4.74 Å². The Bertz CT molecular complexity index is 1380. The van der Waals surface area contributed by atoms with Crippen molar-refractivity contribution in [1.82, 2.24) is 19.7 Å². The van der Waals surface area contributed by atoms with Crippen molar-refractivity contribution in [3.63, 3.8) is 0 Å². The summed E-state index contributed by atoms with van der Waals surface area (Å²) in [6.07, 6.45) is 2.65. The van der Waals surface area contributed by atoms with Gasteiger partial charge in [-0.15, -0.1) is 0 Å². The lowest BCUT2D eigenvalue weighted by Crippen LogP contribution is -2.46. The molecule has 0 radical (unpaired) electrons. The molecule has 3 amide bonds. The number of fused-ring (bicyclic) bond motifs is 1. The zero-order valence-corrected chi connectivity index (χ0v) is 22.7. The molecule has 0 saturated carbocycles. The highest BCUT2D eigenvalue weighted by atomic mass is 19.1. The van der Waals surface area contributed by atoms with Gasteiger partial charge in [-0.2, -0.15) is 0 Å². The van der Waals surface area contributed by atoms with Crippen LogP contribution in [0.3, 0.4) is 0 Å². The lowest BCUT2D eigenvalue weighted by Gasteiger charge is -2.29. The summed E-state index contributed by atoms with van der Waals surface area (Å²) >= 11 is 0. The van der Waals surface area contributed by atoms with E-state index in [1.54, 1.807) is 31.1 Å². The van der Waals surface area contributed by atoms with Crippen molar-refractivity contribution >= 4 is 22.8 Å². The van der Waals surface area contributed by atoms with E-state index in [9.17, 15) is 14.0 Å². The Balaban J connectivity index is 1.54. The Morgan fingerprint density at radius 1 is 0.872 bits per heavy atom. The van der Waals surface area contributed by atoms with E-state index in [1.165, 1.54) is 21.9 Å². The molecule has 0 aliphatic carbocycles. The van der Waals surface area contributed by atoms with Crippen LogP contribution in [0.5, 0.6) is 5.75 Å². The predicted molar refractivity (Wildman–Crippen MR) is 151 cm³/mol. The monoisotopic (exact) mass is 530 g/mol. The molecular weight excluding hydrogens is 495 g/mol. The first-order valence-corrected chi connectivity index (χ1v) is 13.1. The number of hydrogen-bond donors (Lipinski definition) is 1. The fourth-order valence-corrected chi connectivity index (χ4v) is 4.51. The van der Waals surface area contributed by atoms with E-state index in [1.807, 2.05) is 55.6 Å². The summed E-state index contributed by atoms with van der Waals surface area (Å²) in [6, 6.07) is 21.5. The number of amides is 3. The van der Waals surface area contributed by atoms with Gasteiger partial charge in [-0.05, 0) is 60.4 Å². The molecule has 1 heterocycles. The second-order valence-electron chi connectivity index (χ2n) is 9.66. The number of aromatic amines is 1. The van der Waals surface area contributed by atoms with Gasteiger partial charge in [0.2, 0.25) is 5.91 Å². The zero-order valence-electron chi connectivity index (χ0n) is 22.7. The number of aromatic nitrogens is 1. The summed E-state index contributed by atoms with van der Waals surface area (Å²) in [5.74, 6) is 0.264. The smallest absolute Gasteiger partial charge is 0.320 e. The van der Waals surface area contributed by atoms with Crippen LogP contribution in [0, 0.1) is 5.82 Å². The number of halogens is 1. The molecule has 0 bridgehead atoms. The van der Waals surface area contributed by atoms with E-state index >= 15 is 0 Å². The minimum Gasteiger partial charge on any atom is -0.494 e. The number of ether oxygens (including phenoxy) is 1. The minimum absolute atomic E-state index is 0.0979. The molecule has 7 nitrogen and oxygen atoms in total. The SMILES string of the molecule is CCOc1ccc(CN(CCc2c[nH]c3ccccc23)C(=O)CN(Cc2ccc(F)cc2)C(=O)N(C)C)cc1.